The number of rotatable bonds is 2. The summed E-state index contributed by atoms with van der Waals surface area (Å²) in [5.74, 6) is -0.0248. The Morgan fingerprint density at radius 1 is 1.27 bits per heavy atom. The lowest BCUT2D eigenvalue weighted by molar-refractivity contribution is 0.102. The number of benzene rings is 1. The van der Waals surface area contributed by atoms with Crippen LogP contribution in [0.15, 0.2) is 33.7 Å². The summed E-state index contributed by atoms with van der Waals surface area (Å²) in [5, 5.41) is 2.99. The Hall–Kier alpha value is -2.89. The number of aryl methyl sites for hydroxylation is 3. The van der Waals surface area contributed by atoms with Crippen molar-refractivity contribution in [3.63, 3.8) is 0 Å². The molecule has 6 heteroatoms. The van der Waals surface area contributed by atoms with Gasteiger partial charge in [0, 0.05) is 5.69 Å². The van der Waals surface area contributed by atoms with Crippen LogP contribution in [-0.4, -0.2) is 15.9 Å². The van der Waals surface area contributed by atoms with Crippen molar-refractivity contribution < 1.29 is 9.21 Å². The van der Waals surface area contributed by atoms with Gasteiger partial charge in [-0.15, -0.1) is 0 Å². The van der Waals surface area contributed by atoms with Crippen LogP contribution in [0, 0.1) is 20.8 Å². The normalized spacial score (nSPS) is 10.9. The largest absolute Gasteiger partial charge is 0.442 e. The summed E-state index contributed by atoms with van der Waals surface area (Å²) in [4.78, 5) is 30.9. The average molecular weight is 297 g/mol. The van der Waals surface area contributed by atoms with Crippen molar-refractivity contribution in [3.05, 3.63) is 57.3 Å². The second-order valence-electron chi connectivity index (χ2n) is 5.22. The Kier molecular flexibility index (Phi) is 3.29. The van der Waals surface area contributed by atoms with E-state index >= 15 is 0 Å². The summed E-state index contributed by atoms with van der Waals surface area (Å²) in [5.41, 5.74) is 2.74. The highest BCUT2D eigenvalue weighted by Crippen LogP contribution is 2.23. The third-order valence-electron chi connectivity index (χ3n) is 3.53. The summed E-state index contributed by atoms with van der Waals surface area (Å²) >= 11 is 0. The van der Waals surface area contributed by atoms with E-state index < -0.39 is 5.56 Å². The second-order valence-corrected chi connectivity index (χ2v) is 5.22. The average Bonchev–Trinajstić information content (AvgIpc) is 2.79. The van der Waals surface area contributed by atoms with Gasteiger partial charge in [-0.3, -0.25) is 9.59 Å². The van der Waals surface area contributed by atoms with Gasteiger partial charge in [-0.1, -0.05) is 17.7 Å². The highest BCUT2D eigenvalue weighted by Gasteiger charge is 2.22. The van der Waals surface area contributed by atoms with Gasteiger partial charge in [-0.2, -0.15) is 0 Å². The lowest BCUT2D eigenvalue weighted by atomic mass is 10.1. The molecule has 0 aliphatic heterocycles. The second kappa shape index (κ2) is 5.14. The molecule has 2 N–H and O–H groups in total. The molecule has 0 saturated heterocycles. The number of nitrogens with one attached hydrogen (secondary N) is 2. The Morgan fingerprint density at radius 2 is 2.05 bits per heavy atom. The molecule has 3 rings (SSSR count). The number of furan rings is 1. The summed E-state index contributed by atoms with van der Waals surface area (Å²) in [6.45, 7) is 5.53. The monoisotopic (exact) mass is 297 g/mol. The molecule has 0 radical (unpaired) electrons. The number of aromatic amines is 1. The van der Waals surface area contributed by atoms with Gasteiger partial charge >= 0.3 is 0 Å². The van der Waals surface area contributed by atoms with Crippen LogP contribution in [0.25, 0.3) is 11.1 Å². The van der Waals surface area contributed by atoms with Gasteiger partial charge in [0.2, 0.25) is 5.71 Å². The molecule has 112 valence electrons. The van der Waals surface area contributed by atoms with Crippen LogP contribution in [0.2, 0.25) is 0 Å². The van der Waals surface area contributed by atoms with Crippen molar-refractivity contribution in [3.8, 4) is 0 Å². The van der Waals surface area contributed by atoms with Crippen molar-refractivity contribution in [2.45, 2.75) is 20.8 Å². The Bertz CT molecular complexity index is 937. The summed E-state index contributed by atoms with van der Waals surface area (Å²) in [6.07, 6.45) is 1.25. The number of hydrogen-bond acceptors (Lipinski definition) is 4. The maximum Gasteiger partial charge on any atom is 0.262 e. The van der Waals surface area contributed by atoms with Crippen LogP contribution in [0.4, 0.5) is 5.69 Å². The van der Waals surface area contributed by atoms with Gasteiger partial charge in [0.25, 0.3) is 11.5 Å². The fraction of sp³-hybridized carbons (Fsp3) is 0.188. The SMILES string of the molecule is Cc1ccc(NC(=O)c2c(C)oc3nc[nH]c(=O)c23)c(C)c1. The lowest BCUT2D eigenvalue weighted by Crippen LogP contribution is -2.16. The maximum absolute atomic E-state index is 12.5. The molecule has 1 amide bonds. The molecule has 0 fully saturated rings. The van der Waals surface area contributed by atoms with Crippen molar-refractivity contribution in [2.24, 2.45) is 0 Å². The third kappa shape index (κ3) is 2.28. The Balaban J connectivity index is 2.06. The van der Waals surface area contributed by atoms with Gasteiger partial charge in [0.05, 0.1) is 11.9 Å². The number of H-pyrrole nitrogens is 1. The minimum atomic E-state index is -0.396. The van der Waals surface area contributed by atoms with Gasteiger partial charge in [-0.05, 0) is 32.4 Å². The minimum Gasteiger partial charge on any atom is -0.442 e. The number of hydrogen-bond donors (Lipinski definition) is 2. The van der Waals surface area contributed by atoms with E-state index in [0.29, 0.717) is 11.4 Å². The standard InChI is InChI=1S/C16H15N3O3/c1-8-4-5-11(9(2)6-8)19-15(21)12-10(3)22-16-13(12)14(20)17-7-18-16/h4-7H,1-3H3,(H,19,21)(H,17,18,20). The number of nitrogens with zero attached hydrogens (tertiary/aromatic N) is 1. The molecule has 0 saturated carbocycles. The fourth-order valence-corrected chi connectivity index (χ4v) is 2.47. The maximum atomic E-state index is 12.5. The lowest BCUT2D eigenvalue weighted by Gasteiger charge is -2.08. The van der Waals surface area contributed by atoms with Crippen LogP contribution in [0.3, 0.4) is 0 Å². The zero-order valence-corrected chi connectivity index (χ0v) is 12.5. The quantitative estimate of drug-likeness (QED) is 0.761. The van der Waals surface area contributed by atoms with E-state index in [1.54, 1.807) is 6.92 Å². The van der Waals surface area contributed by atoms with Crippen LogP contribution in [0.1, 0.15) is 27.2 Å². The van der Waals surface area contributed by atoms with E-state index in [0.717, 1.165) is 11.1 Å². The van der Waals surface area contributed by atoms with Crippen LogP contribution in [0.5, 0.6) is 0 Å². The molecule has 6 nitrogen and oxygen atoms in total. The van der Waals surface area contributed by atoms with Crippen LogP contribution in [-0.2, 0) is 0 Å². The molecule has 0 atom stereocenters. The van der Waals surface area contributed by atoms with Gasteiger partial charge < -0.3 is 14.7 Å². The third-order valence-corrected chi connectivity index (χ3v) is 3.53. The summed E-state index contributed by atoms with van der Waals surface area (Å²) in [6, 6.07) is 5.73. The topological polar surface area (TPSA) is 88.0 Å². The first-order valence-electron chi connectivity index (χ1n) is 6.83. The Morgan fingerprint density at radius 3 is 2.77 bits per heavy atom. The molecule has 2 heterocycles. The molecule has 0 bridgehead atoms. The predicted molar refractivity (Wildman–Crippen MR) is 83.2 cm³/mol. The van der Waals surface area contributed by atoms with Crippen molar-refractivity contribution in [1.29, 1.82) is 0 Å². The number of anilines is 1. The molecular weight excluding hydrogens is 282 g/mol. The van der Waals surface area contributed by atoms with E-state index in [2.05, 4.69) is 15.3 Å². The summed E-state index contributed by atoms with van der Waals surface area (Å²) in [7, 11) is 0. The molecule has 2 aromatic heterocycles. The van der Waals surface area contributed by atoms with Crippen LogP contribution < -0.4 is 10.9 Å². The van der Waals surface area contributed by atoms with Crippen molar-refractivity contribution >= 4 is 22.7 Å². The first-order chi connectivity index (χ1) is 10.5. The van der Waals surface area contributed by atoms with Crippen molar-refractivity contribution in [2.75, 3.05) is 5.32 Å². The number of carbonyl (C=O) groups excluding carboxylic acids is 1. The van der Waals surface area contributed by atoms with E-state index in [-0.39, 0.29) is 22.6 Å². The number of fused-ring (bicyclic) bond motifs is 1. The van der Waals surface area contributed by atoms with Crippen LogP contribution >= 0.6 is 0 Å². The molecule has 0 unspecified atom stereocenters. The molecular formula is C16H15N3O3. The molecule has 0 aliphatic carbocycles. The highest BCUT2D eigenvalue weighted by atomic mass is 16.3. The zero-order valence-electron chi connectivity index (χ0n) is 12.5. The predicted octanol–water partition coefficient (Wildman–Crippen LogP) is 2.69. The van der Waals surface area contributed by atoms with E-state index in [4.69, 9.17) is 4.42 Å². The van der Waals surface area contributed by atoms with E-state index in [1.807, 2.05) is 32.0 Å². The fourth-order valence-electron chi connectivity index (χ4n) is 2.47. The van der Waals surface area contributed by atoms with E-state index in [1.165, 1.54) is 6.33 Å². The number of amides is 1. The summed E-state index contributed by atoms with van der Waals surface area (Å²) < 4.78 is 5.40. The highest BCUT2D eigenvalue weighted by molar-refractivity contribution is 6.12. The minimum absolute atomic E-state index is 0.159. The zero-order chi connectivity index (χ0) is 15.9. The van der Waals surface area contributed by atoms with Gasteiger partial charge in [0.1, 0.15) is 11.1 Å². The first-order valence-corrected chi connectivity index (χ1v) is 6.83. The number of aromatic nitrogens is 2. The first kappa shape index (κ1) is 14.1. The molecule has 22 heavy (non-hydrogen) atoms. The van der Waals surface area contributed by atoms with Crippen molar-refractivity contribution in [1.82, 2.24) is 9.97 Å². The van der Waals surface area contributed by atoms with Gasteiger partial charge in [0.15, 0.2) is 0 Å². The van der Waals surface area contributed by atoms with Gasteiger partial charge in [-0.25, -0.2) is 4.98 Å². The smallest absolute Gasteiger partial charge is 0.262 e. The molecule has 1 aromatic carbocycles. The molecule has 3 aromatic rings. The molecule has 0 aliphatic rings. The number of carbonyl (C=O) groups is 1. The molecule has 0 spiro atoms. The van der Waals surface area contributed by atoms with E-state index in [9.17, 15) is 9.59 Å². The Labute approximate surface area is 126 Å².